The number of amides is 1. The van der Waals surface area contributed by atoms with Gasteiger partial charge in [0.15, 0.2) is 0 Å². The number of hydrogen-bond acceptors (Lipinski definition) is 3. The van der Waals surface area contributed by atoms with E-state index in [4.69, 9.17) is 4.74 Å². The molecule has 0 aliphatic heterocycles. The highest BCUT2D eigenvalue weighted by Gasteiger charge is 2.12. The highest BCUT2D eigenvalue weighted by Crippen LogP contribution is 2.09. The lowest BCUT2D eigenvalue weighted by molar-refractivity contribution is 0.148. The van der Waals surface area contributed by atoms with Gasteiger partial charge in [-0.05, 0) is 13.8 Å². The van der Waals surface area contributed by atoms with Gasteiger partial charge in [0.25, 0.3) is 0 Å². The minimum absolute atomic E-state index is 0.0958. The van der Waals surface area contributed by atoms with E-state index in [2.05, 4.69) is 10.3 Å². The molecule has 5 nitrogen and oxygen atoms in total. The molecule has 5 heteroatoms. The molecular weight excluding hydrogens is 182 g/mol. The van der Waals surface area contributed by atoms with Gasteiger partial charge in [0, 0.05) is 7.05 Å². The number of aromatic nitrogens is 2. The lowest BCUT2D eigenvalue weighted by atomic mass is 10.2. The number of imidazole rings is 1. The zero-order chi connectivity index (χ0) is 10.6. The van der Waals surface area contributed by atoms with Crippen molar-refractivity contribution in [2.24, 2.45) is 7.05 Å². The molecule has 0 radical (unpaired) electrons. The van der Waals surface area contributed by atoms with E-state index in [1.54, 1.807) is 19.4 Å². The minimum Gasteiger partial charge on any atom is -0.450 e. The van der Waals surface area contributed by atoms with Crippen LogP contribution in [0.25, 0.3) is 0 Å². The molecule has 1 atom stereocenters. The fraction of sp³-hybridized carbons (Fsp3) is 0.556. The van der Waals surface area contributed by atoms with Crippen LogP contribution in [0.2, 0.25) is 0 Å². The molecule has 0 fully saturated rings. The zero-order valence-corrected chi connectivity index (χ0v) is 8.65. The molecule has 0 saturated heterocycles. The monoisotopic (exact) mass is 197 g/mol. The molecule has 0 spiro atoms. The van der Waals surface area contributed by atoms with Crippen LogP contribution in [-0.2, 0) is 11.8 Å². The van der Waals surface area contributed by atoms with E-state index < -0.39 is 6.09 Å². The number of rotatable bonds is 3. The molecule has 1 aromatic heterocycles. The second kappa shape index (κ2) is 4.64. The maximum atomic E-state index is 11.1. The lowest BCUT2D eigenvalue weighted by Gasteiger charge is -2.13. The summed E-state index contributed by atoms with van der Waals surface area (Å²) < 4.78 is 6.63. The Balaban J connectivity index is 2.54. The second-order valence-corrected chi connectivity index (χ2v) is 3.02. The van der Waals surface area contributed by atoms with Crippen molar-refractivity contribution < 1.29 is 9.53 Å². The summed E-state index contributed by atoms with van der Waals surface area (Å²) in [6, 6.07) is -0.0958. The van der Waals surface area contributed by atoms with Crippen LogP contribution in [0.1, 0.15) is 25.6 Å². The van der Waals surface area contributed by atoms with Crippen molar-refractivity contribution in [3.05, 3.63) is 18.2 Å². The third kappa shape index (κ3) is 2.48. The first-order chi connectivity index (χ1) is 6.65. The first kappa shape index (κ1) is 10.6. The Labute approximate surface area is 83.1 Å². The first-order valence-corrected chi connectivity index (χ1v) is 4.54. The number of hydrogen-bond donors (Lipinski definition) is 1. The van der Waals surface area contributed by atoms with Crippen LogP contribution in [0.4, 0.5) is 4.79 Å². The maximum Gasteiger partial charge on any atom is 0.407 e. The number of ether oxygens (including phenoxy) is 1. The quantitative estimate of drug-likeness (QED) is 0.792. The molecule has 0 aliphatic rings. The van der Waals surface area contributed by atoms with Gasteiger partial charge < -0.3 is 14.6 Å². The van der Waals surface area contributed by atoms with Crippen molar-refractivity contribution in [2.45, 2.75) is 19.9 Å². The average Bonchev–Trinajstić information content (AvgIpc) is 2.51. The van der Waals surface area contributed by atoms with E-state index >= 15 is 0 Å². The Bertz CT molecular complexity index is 309. The molecule has 1 N–H and O–H groups in total. The fourth-order valence-electron chi connectivity index (χ4n) is 1.21. The molecule has 1 rings (SSSR count). The highest BCUT2D eigenvalue weighted by atomic mass is 16.5. The van der Waals surface area contributed by atoms with E-state index in [0.29, 0.717) is 6.61 Å². The van der Waals surface area contributed by atoms with Crippen LogP contribution in [0, 0.1) is 0 Å². The predicted molar refractivity (Wildman–Crippen MR) is 51.8 cm³/mol. The van der Waals surface area contributed by atoms with Crippen LogP contribution in [-0.4, -0.2) is 22.3 Å². The number of carbonyl (C=O) groups is 1. The number of alkyl carbamates (subject to hydrolysis) is 1. The van der Waals surface area contributed by atoms with Crippen LogP contribution >= 0.6 is 0 Å². The van der Waals surface area contributed by atoms with Crippen molar-refractivity contribution >= 4 is 6.09 Å². The molecule has 78 valence electrons. The maximum absolute atomic E-state index is 11.1. The van der Waals surface area contributed by atoms with Gasteiger partial charge in [-0.2, -0.15) is 0 Å². The molecule has 1 heterocycles. The van der Waals surface area contributed by atoms with Crippen LogP contribution in [0.3, 0.4) is 0 Å². The fourth-order valence-corrected chi connectivity index (χ4v) is 1.21. The molecule has 1 aromatic rings. The minimum atomic E-state index is -0.402. The van der Waals surface area contributed by atoms with E-state index in [-0.39, 0.29) is 6.04 Å². The van der Waals surface area contributed by atoms with E-state index in [9.17, 15) is 4.79 Å². The Kier molecular flexibility index (Phi) is 3.50. The third-order valence-corrected chi connectivity index (χ3v) is 1.91. The van der Waals surface area contributed by atoms with E-state index in [1.165, 1.54) is 0 Å². The normalized spacial score (nSPS) is 12.2. The van der Waals surface area contributed by atoms with Gasteiger partial charge in [-0.25, -0.2) is 9.78 Å². The van der Waals surface area contributed by atoms with Crippen molar-refractivity contribution in [2.75, 3.05) is 6.61 Å². The van der Waals surface area contributed by atoms with Crippen molar-refractivity contribution in [3.8, 4) is 0 Å². The standard InChI is InChI=1S/C9H15N3O2/c1-4-14-9(13)11-7(2)8-5-10-6-12(8)3/h5-7H,4H2,1-3H3,(H,11,13). The third-order valence-electron chi connectivity index (χ3n) is 1.91. The number of nitrogens with zero attached hydrogens (tertiary/aromatic N) is 2. The highest BCUT2D eigenvalue weighted by molar-refractivity contribution is 5.67. The molecule has 1 unspecified atom stereocenters. The lowest BCUT2D eigenvalue weighted by Crippen LogP contribution is -2.28. The second-order valence-electron chi connectivity index (χ2n) is 3.02. The molecule has 1 amide bonds. The van der Waals surface area contributed by atoms with Crippen LogP contribution in [0.5, 0.6) is 0 Å². The van der Waals surface area contributed by atoms with Crippen molar-refractivity contribution in [1.29, 1.82) is 0 Å². The number of aryl methyl sites for hydroxylation is 1. The Morgan fingerprint density at radius 2 is 2.50 bits per heavy atom. The van der Waals surface area contributed by atoms with Gasteiger partial charge in [0.1, 0.15) is 0 Å². The van der Waals surface area contributed by atoms with Crippen molar-refractivity contribution in [1.82, 2.24) is 14.9 Å². The largest absolute Gasteiger partial charge is 0.450 e. The predicted octanol–water partition coefficient (Wildman–Crippen LogP) is 1.23. The Morgan fingerprint density at radius 1 is 1.79 bits per heavy atom. The zero-order valence-electron chi connectivity index (χ0n) is 8.65. The number of nitrogens with one attached hydrogen (secondary N) is 1. The summed E-state index contributed by atoms with van der Waals surface area (Å²) in [6.45, 7) is 4.03. The Hall–Kier alpha value is -1.52. The topological polar surface area (TPSA) is 56.1 Å². The molecule has 0 bridgehead atoms. The summed E-state index contributed by atoms with van der Waals surface area (Å²) in [6.07, 6.45) is 3.01. The SMILES string of the molecule is CCOC(=O)NC(C)c1cncn1C. The molecule has 14 heavy (non-hydrogen) atoms. The van der Waals surface area contributed by atoms with E-state index in [0.717, 1.165) is 5.69 Å². The summed E-state index contributed by atoms with van der Waals surface area (Å²) in [5.74, 6) is 0. The summed E-state index contributed by atoms with van der Waals surface area (Å²) in [5.41, 5.74) is 0.943. The van der Waals surface area contributed by atoms with E-state index in [1.807, 2.05) is 18.5 Å². The summed E-state index contributed by atoms with van der Waals surface area (Å²) in [7, 11) is 1.88. The van der Waals surface area contributed by atoms with Gasteiger partial charge in [0.05, 0.1) is 30.9 Å². The smallest absolute Gasteiger partial charge is 0.407 e. The summed E-state index contributed by atoms with van der Waals surface area (Å²) in [4.78, 5) is 15.1. The molecule has 0 aliphatic carbocycles. The molecule has 0 saturated carbocycles. The summed E-state index contributed by atoms with van der Waals surface area (Å²) in [5, 5.41) is 2.70. The van der Waals surface area contributed by atoms with Gasteiger partial charge in [-0.15, -0.1) is 0 Å². The van der Waals surface area contributed by atoms with Gasteiger partial charge in [-0.1, -0.05) is 0 Å². The van der Waals surface area contributed by atoms with Crippen molar-refractivity contribution in [3.63, 3.8) is 0 Å². The molecular formula is C9H15N3O2. The van der Waals surface area contributed by atoms with Gasteiger partial charge in [0.2, 0.25) is 0 Å². The molecule has 0 aromatic carbocycles. The Morgan fingerprint density at radius 3 is 3.00 bits per heavy atom. The van der Waals surface area contributed by atoms with Gasteiger partial charge in [-0.3, -0.25) is 0 Å². The average molecular weight is 197 g/mol. The van der Waals surface area contributed by atoms with Gasteiger partial charge >= 0.3 is 6.09 Å². The number of carbonyl (C=O) groups excluding carboxylic acids is 1. The van der Waals surface area contributed by atoms with Crippen LogP contribution in [0.15, 0.2) is 12.5 Å². The first-order valence-electron chi connectivity index (χ1n) is 4.54. The summed E-state index contributed by atoms with van der Waals surface area (Å²) >= 11 is 0. The van der Waals surface area contributed by atoms with Crippen LogP contribution < -0.4 is 5.32 Å².